The maximum Gasteiger partial charge on any atom is 0.328 e. The zero-order chi connectivity index (χ0) is 20.7. The lowest BCUT2D eigenvalue weighted by Gasteiger charge is -2.19. The van der Waals surface area contributed by atoms with Crippen LogP contribution in [0.25, 0.3) is 22.1 Å². The van der Waals surface area contributed by atoms with Gasteiger partial charge >= 0.3 is 5.97 Å². The summed E-state index contributed by atoms with van der Waals surface area (Å²) in [6.45, 7) is 3.54. The van der Waals surface area contributed by atoms with Crippen molar-refractivity contribution in [1.29, 1.82) is 0 Å². The molecule has 3 aromatic rings. The third-order valence-electron chi connectivity index (χ3n) is 5.43. The van der Waals surface area contributed by atoms with Gasteiger partial charge in [-0.3, -0.25) is 4.79 Å². The van der Waals surface area contributed by atoms with Crippen molar-refractivity contribution in [2.45, 2.75) is 25.8 Å². The molecule has 7 nitrogen and oxygen atoms in total. The number of hydrogen-bond donors (Lipinski definition) is 1. The summed E-state index contributed by atoms with van der Waals surface area (Å²) < 4.78 is 22.6. The van der Waals surface area contributed by atoms with E-state index < -0.39 is 0 Å². The summed E-state index contributed by atoms with van der Waals surface area (Å²) in [5.74, 6) is 1.79. The lowest BCUT2D eigenvalue weighted by atomic mass is 10.0. The zero-order valence-corrected chi connectivity index (χ0v) is 18.6. The van der Waals surface area contributed by atoms with Crippen LogP contribution in [0.1, 0.15) is 18.6 Å². The third-order valence-corrected chi connectivity index (χ3v) is 5.43. The summed E-state index contributed by atoms with van der Waals surface area (Å²) in [5.41, 5.74) is 1.40. The normalized spacial score (nSPS) is 17.3. The van der Waals surface area contributed by atoms with Crippen molar-refractivity contribution in [3.8, 4) is 28.4 Å². The van der Waals surface area contributed by atoms with Gasteiger partial charge in [0, 0.05) is 6.07 Å². The van der Waals surface area contributed by atoms with E-state index in [0.29, 0.717) is 58.3 Å². The Morgan fingerprint density at radius 3 is 2.68 bits per heavy atom. The molecule has 1 saturated heterocycles. The van der Waals surface area contributed by atoms with Gasteiger partial charge in [-0.25, -0.2) is 4.79 Å². The van der Waals surface area contributed by atoms with Crippen LogP contribution in [0, 0.1) is 6.92 Å². The fourth-order valence-electron chi connectivity index (χ4n) is 3.95. The SMILES string of the molecule is Br.Cc1oc2cc(OC(=O)[C@@H]3CCCN3)ccc2c(=O)c1-c1ccc2c(c1)OCCO2. The molecular formula is C23H22BrNO6. The highest BCUT2D eigenvalue weighted by molar-refractivity contribution is 8.93. The monoisotopic (exact) mass is 487 g/mol. The molecule has 3 heterocycles. The number of carbonyl (C=O) groups excluding carboxylic acids is 1. The maximum absolute atomic E-state index is 13.2. The fraction of sp³-hybridized carbons (Fsp3) is 0.304. The Hall–Kier alpha value is -2.84. The minimum absolute atomic E-state index is 0. The van der Waals surface area contributed by atoms with Gasteiger partial charge in [0.05, 0.1) is 10.9 Å². The van der Waals surface area contributed by atoms with E-state index in [-0.39, 0.29) is 34.4 Å². The number of carbonyl (C=O) groups is 1. The van der Waals surface area contributed by atoms with Crippen LogP contribution in [0.5, 0.6) is 17.2 Å². The molecule has 2 aliphatic heterocycles. The second kappa shape index (κ2) is 8.72. The van der Waals surface area contributed by atoms with Gasteiger partial charge in [0.2, 0.25) is 5.43 Å². The lowest BCUT2D eigenvalue weighted by molar-refractivity contribution is -0.136. The first kappa shape index (κ1) is 21.4. The largest absolute Gasteiger partial charge is 0.486 e. The Bertz CT molecular complexity index is 1200. The molecule has 0 bridgehead atoms. The van der Waals surface area contributed by atoms with Crippen molar-refractivity contribution in [3.05, 3.63) is 52.4 Å². The van der Waals surface area contributed by atoms with Crippen molar-refractivity contribution in [1.82, 2.24) is 5.32 Å². The first-order valence-corrected chi connectivity index (χ1v) is 10.0. The number of rotatable bonds is 3. The van der Waals surface area contributed by atoms with Gasteiger partial charge in [-0.1, -0.05) is 6.07 Å². The van der Waals surface area contributed by atoms with Crippen LogP contribution in [0.3, 0.4) is 0 Å². The van der Waals surface area contributed by atoms with E-state index in [2.05, 4.69) is 5.32 Å². The molecular weight excluding hydrogens is 466 g/mol. The van der Waals surface area contributed by atoms with Gasteiger partial charge in [0.25, 0.3) is 0 Å². The maximum atomic E-state index is 13.2. The lowest BCUT2D eigenvalue weighted by Crippen LogP contribution is -2.34. The summed E-state index contributed by atoms with van der Waals surface area (Å²) in [6, 6.07) is 9.97. The third kappa shape index (κ3) is 4.05. The highest BCUT2D eigenvalue weighted by atomic mass is 79.9. The molecule has 0 saturated carbocycles. The minimum Gasteiger partial charge on any atom is -0.486 e. The number of hydrogen-bond acceptors (Lipinski definition) is 7. The molecule has 0 radical (unpaired) electrons. The Morgan fingerprint density at radius 1 is 1.10 bits per heavy atom. The van der Waals surface area contributed by atoms with Crippen molar-refractivity contribution in [2.24, 2.45) is 0 Å². The highest BCUT2D eigenvalue weighted by Gasteiger charge is 2.24. The number of esters is 1. The van der Waals surface area contributed by atoms with Crippen LogP contribution in [0.15, 0.2) is 45.6 Å². The summed E-state index contributed by atoms with van der Waals surface area (Å²) in [7, 11) is 0. The molecule has 1 fully saturated rings. The Kier molecular flexibility index (Phi) is 6.02. The van der Waals surface area contributed by atoms with E-state index in [1.807, 2.05) is 6.07 Å². The number of benzene rings is 2. The second-order valence-corrected chi connectivity index (χ2v) is 7.45. The molecule has 1 atom stereocenters. The number of halogens is 1. The smallest absolute Gasteiger partial charge is 0.328 e. The van der Waals surface area contributed by atoms with Gasteiger partial charge < -0.3 is 23.9 Å². The Morgan fingerprint density at radius 2 is 1.90 bits per heavy atom. The van der Waals surface area contributed by atoms with Crippen molar-refractivity contribution >= 4 is 33.9 Å². The molecule has 31 heavy (non-hydrogen) atoms. The van der Waals surface area contributed by atoms with Gasteiger partial charge in [0.1, 0.15) is 36.3 Å². The van der Waals surface area contributed by atoms with E-state index in [4.69, 9.17) is 18.6 Å². The van der Waals surface area contributed by atoms with E-state index in [9.17, 15) is 9.59 Å². The standard InChI is InChI=1S/C23H21NO6.BrH/c1-13-21(14-4-7-18-20(11-14)28-10-9-27-18)22(25)16-6-5-15(12-19(16)29-13)30-23(26)17-3-2-8-24-17;/h4-7,11-12,17,24H,2-3,8-10H2,1H3;1H/t17-;/m0./s1. The van der Waals surface area contributed by atoms with E-state index in [1.54, 1.807) is 37.3 Å². The summed E-state index contributed by atoms with van der Waals surface area (Å²) >= 11 is 0. The van der Waals surface area contributed by atoms with Gasteiger partial charge in [-0.15, -0.1) is 17.0 Å². The van der Waals surface area contributed by atoms with E-state index in [1.165, 1.54) is 0 Å². The predicted octanol–water partition coefficient (Wildman–Crippen LogP) is 3.77. The van der Waals surface area contributed by atoms with Crippen LogP contribution in [-0.4, -0.2) is 31.8 Å². The van der Waals surface area contributed by atoms with Crippen molar-refractivity contribution in [2.75, 3.05) is 19.8 Å². The van der Waals surface area contributed by atoms with Crippen LogP contribution in [-0.2, 0) is 4.79 Å². The van der Waals surface area contributed by atoms with Gasteiger partial charge in [0.15, 0.2) is 11.5 Å². The topological polar surface area (TPSA) is 87.0 Å². The Balaban J connectivity index is 0.00000231. The zero-order valence-electron chi connectivity index (χ0n) is 16.9. The number of aryl methyl sites for hydroxylation is 1. The number of fused-ring (bicyclic) bond motifs is 2. The quantitative estimate of drug-likeness (QED) is 0.444. The summed E-state index contributed by atoms with van der Waals surface area (Å²) in [6.07, 6.45) is 1.72. The average molecular weight is 488 g/mol. The molecule has 0 amide bonds. The molecule has 1 N–H and O–H groups in total. The van der Waals surface area contributed by atoms with E-state index in [0.717, 1.165) is 19.4 Å². The first-order chi connectivity index (χ1) is 14.6. The van der Waals surface area contributed by atoms with Gasteiger partial charge in [-0.05, 0) is 56.1 Å². The second-order valence-electron chi connectivity index (χ2n) is 7.45. The molecule has 8 heteroatoms. The first-order valence-electron chi connectivity index (χ1n) is 10.0. The molecule has 1 aromatic heterocycles. The van der Waals surface area contributed by atoms with Crippen molar-refractivity contribution < 1.29 is 23.4 Å². The van der Waals surface area contributed by atoms with E-state index >= 15 is 0 Å². The molecule has 0 unspecified atom stereocenters. The molecule has 0 spiro atoms. The Labute approximate surface area is 189 Å². The van der Waals surface area contributed by atoms with Crippen LogP contribution in [0.2, 0.25) is 0 Å². The van der Waals surface area contributed by atoms with Gasteiger partial charge in [-0.2, -0.15) is 0 Å². The molecule has 162 valence electrons. The predicted molar refractivity (Wildman–Crippen MR) is 121 cm³/mol. The summed E-state index contributed by atoms with van der Waals surface area (Å²) in [5, 5.41) is 3.53. The molecule has 5 rings (SSSR count). The fourth-order valence-corrected chi connectivity index (χ4v) is 3.95. The molecule has 0 aliphatic carbocycles. The average Bonchev–Trinajstić information content (AvgIpc) is 3.28. The van der Waals surface area contributed by atoms with Crippen LogP contribution >= 0.6 is 17.0 Å². The van der Waals surface area contributed by atoms with Crippen molar-refractivity contribution in [3.63, 3.8) is 0 Å². The summed E-state index contributed by atoms with van der Waals surface area (Å²) in [4.78, 5) is 25.5. The molecule has 2 aliphatic rings. The van der Waals surface area contributed by atoms with Crippen LogP contribution < -0.4 is 25.0 Å². The minimum atomic E-state index is -0.321. The highest BCUT2D eigenvalue weighted by Crippen LogP contribution is 2.35. The number of ether oxygens (including phenoxy) is 3. The number of nitrogens with one attached hydrogen (secondary N) is 1. The molecule has 2 aromatic carbocycles. The van der Waals surface area contributed by atoms with Crippen LogP contribution in [0.4, 0.5) is 0 Å².